The number of aliphatic carboxylic acids is 1. The number of amides is 4. The van der Waals surface area contributed by atoms with Crippen LogP contribution in [0.15, 0.2) is 60.9 Å². The number of hydrogen-bond acceptors (Lipinski definition) is 7. The van der Waals surface area contributed by atoms with Gasteiger partial charge in [-0.15, -0.1) is 0 Å². The van der Waals surface area contributed by atoms with E-state index in [2.05, 4.69) is 25.9 Å². The summed E-state index contributed by atoms with van der Waals surface area (Å²) in [5, 5.41) is 19.1. The molecule has 0 spiro atoms. The number of carbonyl (C=O) groups is 5. The molecule has 0 aliphatic heterocycles. The largest absolute Gasteiger partial charge is 0.480 e. The first-order chi connectivity index (χ1) is 21.6. The van der Waals surface area contributed by atoms with Gasteiger partial charge in [-0.1, -0.05) is 36.4 Å². The van der Waals surface area contributed by atoms with Crippen molar-refractivity contribution >= 4 is 63.2 Å². The van der Waals surface area contributed by atoms with Crippen molar-refractivity contribution in [3.63, 3.8) is 0 Å². The van der Waals surface area contributed by atoms with Gasteiger partial charge in [0, 0.05) is 47.0 Å². The molecule has 0 aliphatic rings. The van der Waals surface area contributed by atoms with Crippen LogP contribution in [0.2, 0.25) is 0 Å². The molecular formula is C31H37N7O6S. The maximum absolute atomic E-state index is 13.9. The molecule has 4 rings (SSSR count). The molecule has 238 valence electrons. The zero-order valence-electron chi connectivity index (χ0n) is 24.7. The third kappa shape index (κ3) is 8.64. The highest BCUT2D eigenvalue weighted by molar-refractivity contribution is 7.98. The number of fused-ring (bicyclic) bond motifs is 2. The van der Waals surface area contributed by atoms with E-state index in [4.69, 9.17) is 11.5 Å². The van der Waals surface area contributed by atoms with Gasteiger partial charge < -0.3 is 42.5 Å². The zero-order chi connectivity index (χ0) is 32.5. The van der Waals surface area contributed by atoms with Crippen LogP contribution in [0.4, 0.5) is 0 Å². The molecule has 45 heavy (non-hydrogen) atoms. The standard InChI is InChI=1S/C31H37N7O6S/c1-45-11-10-21(32)28(40)36-24(12-17-15-34-22-8-4-2-6-19(17)22)29(41)37-25(30(42)38-26(31(43)44)14-27(33)39)13-18-16-35-23-9-5-3-7-20(18)23/h2-9,15-16,21,24-26,34-35H,10-14,32H2,1H3,(H2,33,39)(H,36,40)(H,37,41)(H,38,42)(H,43,44). The number of hydrogen-bond donors (Lipinski definition) is 8. The summed E-state index contributed by atoms with van der Waals surface area (Å²) in [5.41, 5.74) is 14.4. The Balaban J connectivity index is 1.64. The van der Waals surface area contributed by atoms with Crippen LogP contribution in [0.3, 0.4) is 0 Å². The molecule has 2 heterocycles. The fourth-order valence-electron chi connectivity index (χ4n) is 5.06. The van der Waals surface area contributed by atoms with Gasteiger partial charge in [0.25, 0.3) is 0 Å². The van der Waals surface area contributed by atoms with E-state index in [-0.39, 0.29) is 12.8 Å². The maximum atomic E-state index is 13.9. The summed E-state index contributed by atoms with van der Waals surface area (Å²) >= 11 is 1.54. The molecule has 0 bridgehead atoms. The van der Waals surface area contributed by atoms with Crippen LogP contribution in [0.1, 0.15) is 24.0 Å². The van der Waals surface area contributed by atoms with E-state index < -0.39 is 60.2 Å². The van der Waals surface area contributed by atoms with Crippen LogP contribution in [0.5, 0.6) is 0 Å². The van der Waals surface area contributed by atoms with Gasteiger partial charge in [0.1, 0.15) is 18.1 Å². The number of carboxylic acid groups (broad SMARTS) is 1. The number of primary amides is 1. The highest BCUT2D eigenvalue weighted by Gasteiger charge is 2.32. The molecule has 10 N–H and O–H groups in total. The van der Waals surface area contributed by atoms with Crippen molar-refractivity contribution in [2.45, 2.75) is 49.9 Å². The van der Waals surface area contributed by atoms with Crippen LogP contribution >= 0.6 is 11.8 Å². The first-order valence-electron chi connectivity index (χ1n) is 14.3. The summed E-state index contributed by atoms with van der Waals surface area (Å²) in [4.78, 5) is 70.1. The second kappa shape index (κ2) is 15.3. The van der Waals surface area contributed by atoms with Gasteiger partial charge in [-0.05, 0) is 41.7 Å². The van der Waals surface area contributed by atoms with Crippen molar-refractivity contribution in [3.05, 3.63) is 72.1 Å². The Labute approximate surface area is 263 Å². The SMILES string of the molecule is CSCCC(N)C(=O)NC(Cc1c[nH]c2ccccc12)C(=O)NC(Cc1c[nH]c2ccccc12)C(=O)NC(CC(N)=O)C(=O)O. The fourth-order valence-corrected chi connectivity index (χ4v) is 5.55. The molecule has 0 saturated carbocycles. The second-order valence-corrected chi connectivity index (χ2v) is 11.7. The van der Waals surface area contributed by atoms with Gasteiger partial charge in [-0.3, -0.25) is 19.2 Å². The monoisotopic (exact) mass is 635 g/mol. The van der Waals surface area contributed by atoms with E-state index >= 15 is 0 Å². The molecule has 2 aromatic carbocycles. The molecule has 0 radical (unpaired) electrons. The zero-order valence-corrected chi connectivity index (χ0v) is 25.5. The summed E-state index contributed by atoms with van der Waals surface area (Å²) in [5.74, 6) is -3.75. The quantitative estimate of drug-likeness (QED) is 0.0882. The topological polar surface area (TPSA) is 225 Å². The minimum atomic E-state index is -1.60. The lowest BCUT2D eigenvalue weighted by Gasteiger charge is -2.25. The van der Waals surface area contributed by atoms with Gasteiger partial charge in [0.15, 0.2) is 0 Å². The summed E-state index contributed by atoms with van der Waals surface area (Å²) in [6.07, 6.45) is 5.17. The Hall–Kier alpha value is -4.82. The first kappa shape index (κ1) is 33.1. The Kier molecular flexibility index (Phi) is 11.2. The van der Waals surface area contributed by atoms with Gasteiger partial charge in [0.2, 0.25) is 23.6 Å². The minimum absolute atomic E-state index is 0.0223. The Bertz CT molecular complexity index is 1680. The van der Waals surface area contributed by atoms with Gasteiger partial charge in [0.05, 0.1) is 12.5 Å². The number of benzene rings is 2. The lowest BCUT2D eigenvalue weighted by Crippen LogP contribution is -2.58. The maximum Gasteiger partial charge on any atom is 0.326 e. The van der Waals surface area contributed by atoms with Crippen LogP contribution in [-0.4, -0.2) is 80.8 Å². The molecule has 0 aliphatic carbocycles. The number of aromatic amines is 2. The number of thioether (sulfide) groups is 1. The van der Waals surface area contributed by atoms with Crippen LogP contribution < -0.4 is 27.4 Å². The molecule has 13 nitrogen and oxygen atoms in total. The molecule has 4 atom stereocenters. The summed E-state index contributed by atoms with van der Waals surface area (Å²) in [6, 6.07) is 10.0. The summed E-state index contributed by atoms with van der Waals surface area (Å²) in [7, 11) is 0. The molecule has 4 unspecified atom stereocenters. The van der Waals surface area contributed by atoms with E-state index in [1.165, 1.54) is 0 Å². The molecule has 0 saturated heterocycles. The van der Waals surface area contributed by atoms with Crippen molar-refractivity contribution in [2.24, 2.45) is 11.5 Å². The number of H-pyrrole nitrogens is 2. The number of nitrogens with one attached hydrogen (secondary N) is 5. The van der Waals surface area contributed by atoms with Crippen LogP contribution in [0.25, 0.3) is 21.8 Å². The van der Waals surface area contributed by atoms with Crippen molar-refractivity contribution < 1.29 is 29.1 Å². The Morgan fingerprint density at radius 3 is 1.71 bits per heavy atom. The van der Waals surface area contributed by atoms with Crippen molar-refractivity contribution in [1.82, 2.24) is 25.9 Å². The number of para-hydroxylation sites is 2. The van der Waals surface area contributed by atoms with E-state index in [0.29, 0.717) is 17.7 Å². The lowest BCUT2D eigenvalue weighted by atomic mass is 10.0. The number of carboxylic acids is 1. The Morgan fingerprint density at radius 2 is 1.24 bits per heavy atom. The highest BCUT2D eigenvalue weighted by atomic mass is 32.2. The lowest BCUT2D eigenvalue weighted by molar-refractivity contribution is -0.143. The third-order valence-corrected chi connectivity index (χ3v) is 8.10. The summed E-state index contributed by atoms with van der Waals surface area (Å²) in [6.45, 7) is 0. The molecule has 2 aromatic heterocycles. The molecular weight excluding hydrogens is 598 g/mol. The fraction of sp³-hybridized carbons (Fsp3) is 0.323. The highest BCUT2D eigenvalue weighted by Crippen LogP contribution is 2.21. The second-order valence-electron chi connectivity index (χ2n) is 10.7. The predicted molar refractivity (Wildman–Crippen MR) is 172 cm³/mol. The molecule has 0 fully saturated rings. The van der Waals surface area contributed by atoms with E-state index in [0.717, 1.165) is 27.4 Å². The molecule has 4 aromatic rings. The average molecular weight is 636 g/mol. The third-order valence-electron chi connectivity index (χ3n) is 7.45. The minimum Gasteiger partial charge on any atom is -0.480 e. The van der Waals surface area contributed by atoms with Crippen LogP contribution in [0, 0.1) is 0 Å². The van der Waals surface area contributed by atoms with Gasteiger partial charge >= 0.3 is 5.97 Å². The number of nitrogens with two attached hydrogens (primary N) is 2. The van der Waals surface area contributed by atoms with Crippen LogP contribution in [-0.2, 0) is 36.8 Å². The average Bonchev–Trinajstić information content (AvgIpc) is 3.62. The summed E-state index contributed by atoms with van der Waals surface area (Å²) < 4.78 is 0. The Morgan fingerprint density at radius 1 is 0.778 bits per heavy atom. The van der Waals surface area contributed by atoms with Gasteiger partial charge in [-0.25, -0.2) is 4.79 Å². The van der Waals surface area contributed by atoms with E-state index in [1.54, 1.807) is 24.2 Å². The number of aromatic nitrogens is 2. The van der Waals surface area contributed by atoms with E-state index in [9.17, 15) is 29.1 Å². The van der Waals surface area contributed by atoms with Crippen molar-refractivity contribution in [3.8, 4) is 0 Å². The van der Waals surface area contributed by atoms with Crippen molar-refractivity contribution in [1.29, 1.82) is 0 Å². The normalized spacial score (nSPS) is 13.9. The van der Waals surface area contributed by atoms with E-state index in [1.807, 2.05) is 54.8 Å². The first-order valence-corrected chi connectivity index (χ1v) is 15.7. The van der Waals surface area contributed by atoms with Crippen molar-refractivity contribution in [2.75, 3.05) is 12.0 Å². The smallest absolute Gasteiger partial charge is 0.326 e. The molecule has 4 amide bonds. The van der Waals surface area contributed by atoms with Gasteiger partial charge in [-0.2, -0.15) is 11.8 Å². The predicted octanol–water partition coefficient (Wildman–Crippen LogP) is 0.929. The number of rotatable bonds is 16. The number of carbonyl (C=O) groups excluding carboxylic acids is 4. The molecule has 14 heteroatoms.